The lowest BCUT2D eigenvalue weighted by molar-refractivity contribution is -0.140. The molecule has 0 aliphatic heterocycles. The number of aryl methyl sites for hydroxylation is 2. The molecule has 0 aliphatic carbocycles. The molecule has 1 atom stereocenters. The number of pyridine rings is 1. The molecule has 3 aromatic heterocycles. The molecular formula is C23H23N5O3. The first-order chi connectivity index (χ1) is 15.0. The molecule has 0 amide bonds. The van der Waals surface area contributed by atoms with E-state index in [4.69, 9.17) is 4.74 Å². The lowest BCUT2D eigenvalue weighted by atomic mass is 10.2. The molecule has 2 N–H and O–H groups in total. The predicted octanol–water partition coefficient (Wildman–Crippen LogP) is 5.01. The second-order valence-electron chi connectivity index (χ2n) is 7.28. The number of anilines is 2. The number of carbonyl (C=O) groups is 1. The standard InChI is InChI=1S/C23H23N5O3/c1-4-19(23(29)30)28-10-9-18-21(28)22(26-13-25-18)27-16-6-8-20(14(2)11-16)31-17-7-5-15(3)24-12-17/h5-13,19H,4H2,1-3H3,(H,29,30)(H,25,26,27). The predicted molar refractivity (Wildman–Crippen MR) is 118 cm³/mol. The summed E-state index contributed by atoms with van der Waals surface area (Å²) in [4.78, 5) is 24.6. The van der Waals surface area contributed by atoms with Crippen molar-refractivity contribution in [3.63, 3.8) is 0 Å². The Balaban J connectivity index is 1.63. The molecule has 0 spiro atoms. The summed E-state index contributed by atoms with van der Waals surface area (Å²) in [5.74, 6) is 1.05. The van der Waals surface area contributed by atoms with Crippen molar-refractivity contribution in [2.45, 2.75) is 33.2 Å². The van der Waals surface area contributed by atoms with Gasteiger partial charge in [0.25, 0.3) is 0 Å². The van der Waals surface area contributed by atoms with Crippen LogP contribution in [0.2, 0.25) is 0 Å². The highest BCUT2D eigenvalue weighted by molar-refractivity contribution is 5.90. The molecule has 0 fully saturated rings. The Hall–Kier alpha value is -3.94. The highest BCUT2D eigenvalue weighted by atomic mass is 16.5. The van der Waals surface area contributed by atoms with Crippen LogP contribution in [-0.4, -0.2) is 30.6 Å². The molecule has 8 nitrogen and oxygen atoms in total. The zero-order valence-corrected chi connectivity index (χ0v) is 17.5. The monoisotopic (exact) mass is 417 g/mol. The maximum absolute atomic E-state index is 11.7. The summed E-state index contributed by atoms with van der Waals surface area (Å²) >= 11 is 0. The van der Waals surface area contributed by atoms with Gasteiger partial charge in [0, 0.05) is 17.6 Å². The van der Waals surface area contributed by atoms with E-state index in [1.54, 1.807) is 23.0 Å². The Morgan fingerprint density at radius 3 is 2.68 bits per heavy atom. The summed E-state index contributed by atoms with van der Waals surface area (Å²) in [6, 6.07) is 10.6. The quantitative estimate of drug-likeness (QED) is 0.435. The molecule has 31 heavy (non-hydrogen) atoms. The van der Waals surface area contributed by atoms with Gasteiger partial charge in [-0.25, -0.2) is 14.8 Å². The van der Waals surface area contributed by atoms with Crippen molar-refractivity contribution < 1.29 is 14.6 Å². The van der Waals surface area contributed by atoms with Gasteiger partial charge in [0.15, 0.2) is 5.82 Å². The Kier molecular flexibility index (Phi) is 5.53. The number of ether oxygens (including phenoxy) is 1. The van der Waals surface area contributed by atoms with E-state index < -0.39 is 12.0 Å². The zero-order valence-electron chi connectivity index (χ0n) is 17.5. The Labute approximate surface area is 179 Å². The van der Waals surface area contributed by atoms with Gasteiger partial charge in [-0.2, -0.15) is 0 Å². The number of rotatable bonds is 7. The van der Waals surface area contributed by atoms with Gasteiger partial charge >= 0.3 is 5.97 Å². The molecule has 0 bridgehead atoms. The SMILES string of the molecule is CCC(C(=O)O)n1ccc2ncnc(Nc3ccc(Oc4ccc(C)nc4)c(C)c3)c21. The van der Waals surface area contributed by atoms with Crippen molar-refractivity contribution in [1.29, 1.82) is 0 Å². The Morgan fingerprint density at radius 1 is 1.16 bits per heavy atom. The van der Waals surface area contributed by atoms with Gasteiger partial charge in [0.05, 0.1) is 11.7 Å². The van der Waals surface area contributed by atoms with Gasteiger partial charge in [0.2, 0.25) is 0 Å². The second kappa shape index (κ2) is 8.43. The number of benzene rings is 1. The number of hydrogen-bond acceptors (Lipinski definition) is 6. The van der Waals surface area contributed by atoms with Crippen LogP contribution >= 0.6 is 0 Å². The summed E-state index contributed by atoms with van der Waals surface area (Å²) in [5.41, 5.74) is 4.00. The molecule has 1 aromatic carbocycles. The maximum atomic E-state index is 11.7. The smallest absolute Gasteiger partial charge is 0.326 e. The first-order valence-electron chi connectivity index (χ1n) is 9.98. The minimum absolute atomic E-state index is 0.451. The first kappa shape index (κ1) is 20.3. The molecule has 8 heteroatoms. The zero-order chi connectivity index (χ0) is 22.0. The van der Waals surface area contributed by atoms with Crippen molar-refractivity contribution in [2.75, 3.05) is 5.32 Å². The van der Waals surface area contributed by atoms with Crippen LogP contribution in [0.1, 0.15) is 30.6 Å². The fraction of sp³-hybridized carbons (Fsp3) is 0.217. The largest absolute Gasteiger partial charge is 0.480 e. The fourth-order valence-electron chi connectivity index (χ4n) is 3.46. The van der Waals surface area contributed by atoms with Crippen molar-refractivity contribution in [1.82, 2.24) is 19.5 Å². The number of aromatic nitrogens is 4. The molecule has 0 radical (unpaired) electrons. The van der Waals surface area contributed by atoms with Gasteiger partial charge in [0.1, 0.15) is 29.4 Å². The van der Waals surface area contributed by atoms with Crippen LogP contribution in [0.25, 0.3) is 11.0 Å². The molecule has 158 valence electrons. The van der Waals surface area contributed by atoms with Gasteiger partial charge < -0.3 is 19.7 Å². The van der Waals surface area contributed by atoms with Gasteiger partial charge in [-0.3, -0.25) is 4.98 Å². The number of fused-ring (bicyclic) bond motifs is 1. The minimum atomic E-state index is -0.891. The van der Waals surface area contributed by atoms with Crippen molar-refractivity contribution in [2.24, 2.45) is 0 Å². The van der Waals surface area contributed by atoms with Crippen molar-refractivity contribution >= 4 is 28.5 Å². The van der Waals surface area contributed by atoms with Crippen molar-refractivity contribution in [3.8, 4) is 11.5 Å². The molecule has 4 aromatic rings. The number of hydrogen-bond donors (Lipinski definition) is 2. The number of aliphatic carboxylic acids is 1. The van der Waals surface area contributed by atoms with E-state index in [2.05, 4.69) is 20.3 Å². The molecule has 3 heterocycles. The molecular weight excluding hydrogens is 394 g/mol. The summed E-state index contributed by atoms with van der Waals surface area (Å²) in [5, 5.41) is 12.9. The Bertz CT molecular complexity index is 1230. The lowest BCUT2D eigenvalue weighted by Gasteiger charge is -2.16. The fourth-order valence-corrected chi connectivity index (χ4v) is 3.46. The lowest BCUT2D eigenvalue weighted by Crippen LogP contribution is -2.18. The van der Waals surface area contributed by atoms with Crippen molar-refractivity contribution in [3.05, 3.63) is 66.4 Å². The number of nitrogens with one attached hydrogen (secondary N) is 1. The van der Waals surface area contributed by atoms with Crippen LogP contribution in [0.5, 0.6) is 11.5 Å². The summed E-state index contributed by atoms with van der Waals surface area (Å²) in [6.07, 6.45) is 5.35. The molecule has 0 saturated heterocycles. The normalized spacial score (nSPS) is 12.0. The Morgan fingerprint density at radius 2 is 2.00 bits per heavy atom. The van der Waals surface area contributed by atoms with Gasteiger partial charge in [-0.05, 0) is 62.2 Å². The summed E-state index contributed by atoms with van der Waals surface area (Å²) in [6.45, 7) is 5.72. The average molecular weight is 417 g/mol. The van der Waals surface area contributed by atoms with E-state index in [9.17, 15) is 9.90 Å². The molecule has 4 rings (SSSR count). The topological polar surface area (TPSA) is 102 Å². The maximum Gasteiger partial charge on any atom is 0.326 e. The number of carboxylic acids is 1. The van der Waals surface area contributed by atoms with E-state index in [0.29, 0.717) is 29.0 Å². The van der Waals surface area contributed by atoms with Crippen LogP contribution in [0, 0.1) is 13.8 Å². The van der Waals surface area contributed by atoms with Crippen LogP contribution in [0.15, 0.2) is 55.1 Å². The van der Waals surface area contributed by atoms with Crippen LogP contribution in [0.4, 0.5) is 11.5 Å². The average Bonchev–Trinajstić information content (AvgIpc) is 3.17. The first-order valence-corrected chi connectivity index (χ1v) is 9.98. The molecule has 0 aliphatic rings. The molecule has 1 unspecified atom stereocenters. The third-order valence-electron chi connectivity index (χ3n) is 5.06. The minimum Gasteiger partial charge on any atom is -0.480 e. The molecule has 0 saturated carbocycles. The van der Waals surface area contributed by atoms with Gasteiger partial charge in [-0.15, -0.1) is 0 Å². The number of nitrogens with zero attached hydrogens (tertiary/aromatic N) is 4. The highest BCUT2D eigenvalue weighted by Crippen LogP contribution is 2.31. The van der Waals surface area contributed by atoms with E-state index >= 15 is 0 Å². The number of carboxylic acid groups (broad SMARTS) is 1. The van der Waals surface area contributed by atoms with E-state index in [0.717, 1.165) is 22.7 Å². The van der Waals surface area contributed by atoms with E-state index in [1.165, 1.54) is 6.33 Å². The summed E-state index contributed by atoms with van der Waals surface area (Å²) in [7, 11) is 0. The van der Waals surface area contributed by atoms with E-state index in [-0.39, 0.29) is 0 Å². The van der Waals surface area contributed by atoms with Gasteiger partial charge in [-0.1, -0.05) is 6.92 Å². The van der Waals surface area contributed by atoms with Crippen LogP contribution < -0.4 is 10.1 Å². The van der Waals surface area contributed by atoms with E-state index in [1.807, 2.05) is 51.1 Å². The second-order valence-corrected chi connectivity index (χ2v) is 7.28. The third kappa shape index (κ3) is 4.18. The summed E-state index contributed by atoms with van der Waals surface area (Å²) < 4.78 is 7.64. The highest BCUT2D eigenvalue weighted by Gasteiger charge is 2.21. The third-order valence-corrected chi connectivity index (χ3v) is 5.06. The van der Waals surface area contributed by atoms with Crippen LogP contribution in [-0.2, 0) is 4.79 Å². The van der Waals surface area contributed by atoms with Crippen LogP contribution in [0.3, 0.4) is 0 Å².